The first-order valence-corrected chi connectivity index (χ1v) is 7.36. The number of rotatable bonds is 4. The first-order chi connectivity index (χ1) is 8.81. The molecule has 1 aliphatic heterocycles. The van der Waals surface area contributed by atoms with Gasteiger partial charge in [0.2, 0.25) is 0 Å². The van der Waals surface area contributed by atoms with Gasteiger partial charge in [-0.2, -0.15) is 0 Å². The molecular weight excluding hydrogens is 220 g/mol. The van der Waals surface area contributed by atoms with Gasteiger partial charge in [0.15, 0.2) is 0 Å². The molecule has 1 aromatic rings. The van der Waals surface area contributed by atoms with Crippen LogP contribution in [0.5, 0.6) is 0 Å². The van der Waals surface area contributed by atoms with Crippen molar-refractivity contribution in [2.24, 2.45) is 5.92 Å². The molecule has 1 saturated carbocycles. The van der Waals surface area contributed by atoms with Gasteiger partial charge in [-0.25, -0.2) is 0 Å². The average Bonchev–Trinajstić information content (AvgIpc) is 3.22. The maximum absolute atomic E-state index is 3.75. The number of hydrogen-bond acceptors (Lipinski definition) is 2. The summed E-state index contributed by atoms with van der Waals surface area (Å²) in [6.45, 7) is 5.78. The van der Waals surface area contributed by atoms with E-state index in [4.69, 9.17) is 0 Å². The van der Waals surface area contributed by atoms with Gasteiger partial charge in [0.05, 0.1) is 0 Å². The molecule has 0 aromatic heterocycles. The third-order valence-corrected chi connectivity index (χ3v) is 4.21. The Bertz CT molecular complexity index is 381. The number of nitrogens with zero attached hydrogens (tertiary/aromatic N) is 1. The first kappa shape index (κ1) is 12.0. The second-order valence-corrected chi connectivity index (χ2v) is 5.97. The fourth-order valence-corrected chi connectivity index (χ4v) is 2.79. The van der Waals surface area contributed by atoms with Crippen molar-refractivity contribution in [2.75, 3.05) is 24.5 Å². The third-order valence-electron chi connectivity index (χ3n) is 4.21. The molecule has 0 amide bonds. The molecule has 1 heterocycles. The van der Waals surface area contributed by atoms with Crippen LogP contribution in [0.2, 0.25) is 0 Å². The van der Waals surface area contributed by atoms with Crippen molar-refractivity contribution in [3.63, 3.8) is 0 Å². The van der Waals surface area contributed by atoms with E-state index < -0.39 is 0 Å². The lowest BCUT2D eigenvalue weighted by molar-refractivity contribution is 0.416. The smallest absolute Gasteiger partial charge is 0.0366 e. The summed E-state index contributed by atoms with van der Waals surface area (Å²) in [5.41, 5.74) is 2.73. The highest BCUT2D eigenvalue weighted by atomic mass is 15.2. The van der Waals surface area contributed by atoms with Crippen molar-refractivity contribution in [1.82, 2.24) is 5.32 Å². The van der Waals surface area contributed by atoms with Crippen LogP contribution in [0.4, 0.5) is 5.69 Å². The molecular formula is C16H24N2. The lowest BCUT2D eigenvalue weighted by Gasteiger charge is -2.35. The second-order valence-electron chi connectivity index (χ2n) is 5.97. The summed E-state index contributed by atoms with van der Waals surface area (Å²) in [5, 5.41) is 3.75. The van der Waals surface area contributed by atoms with Gasteiger partial charge in [-0.1, -0.05) is 17.7 Å². The number of benzene rings is 1. The van der Waals surface area contributed by atoms with Crippen LogP contribution >= 0.6 is 0 Å². The van der Waals surface area contributed by atoms with E-state index in [0.29, 0.717) is 6.04 Å². The summed E-state index contributed by atoms with van der Waals surface area (Å²) in [6.07, 6.45) is 5.55. The van der Waals surface area contributed by atoms with Crippen LogP contribution in [-0.4, -0.2) is 25.7 Å². The van der Waals surface area contributed by atoms with Gasteiger partial charge in [-0.05, 0) is 57.2 Å². The molecule has 1 atom stereocenters. The molecule has 0 radical (unpaired) electrons. The quantitative estimate of drug-likeness (QED) is 0.876. The topological polar surface area (TPSA) is 15.3 Å². The summed E-state index contributed by atoms with van der Waals surface area (Å²) >= 11 is 0. The maximum atomic E-state index is 3.75. The third kappa shape index (κ3) is 3.05. The van der Waals surface area contributed by atoms with Crippen LogP contribution in [0, 0.1) is 12.8 Å². The summed E-state index contributed by atoms with van der Waals surface area (Å²) in [4.78, 5) is 2.54. The van der Waals surface area contributed by atoms with E-state index >= 15 is 0 Å². The van der Waals surface area contributed by atoms with E-state index in [0.717, 1.165) is 5.92 Å². The highest BCUT2D eigenvalue weighted by Gasteiger charge is 2.24. The zero-order valence-corrected chi connectivity index (χ0v) is 11.4. The summed E-state index contributed by atoms with van der Waals surface area (Å²) in [5.74, 6) is 0.986. The van der Waals surface area contributed by atoms with Crippen LogP contribution in [0.1, 0.15) is 31.2 Å². The predicted molar refractivity (Wildman–Crippen MR) is 77.1 cm³/mol. The number of nitrogens with one attached hydrogen (secondary N) is 1. The molecule has 2 aliphatic rings. The summed E-state index contributed by atoms with van der Waals surface area (Å²) < 4.78 is 0. The molecule has 2 heteroatoms. The van der Waals surface area contributed by atoms with Crippen LogP contribution < -0.4 is 10.2 Å². The minimum atomic E-state index is 0.695. The van der Waals surface area contributed by atoms with Crippen LogP contribution in [0.3, 0.4) is 0 Å². The highest BCUT2D eigenvalue weighted by molar-refractivity contribution is 5.48. The molecule has 2 fully saturated rings. The van der Waals surface area contributed by atoms with Crippen molar-refractivity contribution in [2.45, 2.75) is 38.6 Å². The Morgan fingerprint density at radius 2 is 1.94 bits per heavy atom. The second kappa shape index (κ2) is 5.31. The van der Waals surface area contributed by atoms with E-state index in [1.54, 1.807) is 0 Å². The minimum Gasteiger partial charge on any atom is -0.370 e. The van der Waals surface area contributed by atoms with E-state index in [1.807, 2.05) is 0 Å². The van der Waals surface area contributed by atoms with Gasteiger partial charge in [-0.3, -0.25) is 0 Å². The van der Waals surface area contributed by atoms with Gasteiger partial charge in [-0.15, -0.1) is 0 Å². The largest absolute Gasteiger partial charge is 0.370 e. The van der Waals surface area contributed by atoms with Crippen molar-refractivity contribution < 1.29 is 0 Å². The van der Waals surface area contributed by atoms with Crippen molar-refractivity contribution in [1.29, 1.82) is 0 Å². The Morgan fingerprint density at radius 3 is 2.67 bits per heavy atom. The molecule has 98 valence electrons. The number of hydrogen-bond donors (Lipinski definition) is 1. The van der Waals surface area contributed by atoms with Gasteiger partial charge < -0.3 is 10.2 Å². The molecule has 1 N–H and O–H groups in total. The standard InChI is InChI=1S/C16H24N2/c1-13-4-8-16(9-5-13)18-10-2-3-15(12-18)17-11-14-6-7-14/h4-5,8-9,14-15,17H,2-3,6-7,10-12H2,1H3. The first-order valence-electron chi connectivity index (χ1n) is 7.36. The Morgan fingerprint density at radius 1 is 1.17 bits per heavy atom. The Balaban J connectivity index is 1.56. The van der Waals surface area contributed by atoms with E-state index in [-0.39, 0.29) is 0 Å². The van der Waals surface area contributed by atoms with Crippen LogP contribution in [0.25, 0.3) is 0 Å². The molecule has 1 aliphatic carbocycles. The average molecular weight is 244 g/mol. The number of anilines is 1. The maximum Gasteiger partial charge on any atom is 0.0366 e. The molecule has 0 bridgehead atoms. The number of piperidine rings is 1. The van der Waals surface area contributed by atoms with Crippen LogP contribution in [0.15, 0.2) is 24.3 Å². The molecule has 1 unspecified atom stereocenters. The Kier molecular flexibility index (Phi) is 3.55. The molecule has 1 saturated heterocycles. The van der Waals surface area contributed by atoms with E-state index in [1.165, 1.54) is 56.6 Å². The van der Waals surface area contributed by atoms with Gasteiger partial charge in [0.25, 0.3) is 0 Å². The lowest BCUT2D eigenvalue weighted by atomic mass is 10.0. The molecule has 18 heavy (non-hydrogen) atoms. The summed E-state index contributed by atoms with van der Waals surface area (Å²) in [6, 6.07) is 9.66. The zero-order chi connectivity index (χ0) is 12.4. The van der Waals surface area contributed by atoms with E-state index in [9.17, 15) is 0 Å². The predicted octanol–water partition coefficient (Wildman–Crippen LogP) is 2.96. The molecule has 0 spiro atoms. The van der Waals surface area contributed by atoms with Crippen molar-refractivity contribution in [3.05, 3.63) is 29.8 Å². The lowest BCUT2D eigenvalue weighted by Crippen LogP contribution is -2.46. The van der Waals surface area contributed by atoms with E-state index in [2.05, 4.69) is 41.4 Å². The summed E-state index contributed by atoms with van der Waals surface area (Å²) in [7, 11) is 0. The molecule has 3 rings (SSSR count). The fourth-order valence-electron chi connectivity index (χ4n) is 2.79. The van der Waals surface area contributed by atoms with Crippen molar-refractivity contribution in [3.8, 4) is 0 Å². The highest BCUT2D eigenvalue weighted by Crippen LogP contribution is 2.28. The minimum absolute atomic E-state index is 0.695. The zero-order valence-electron chi connectivity index (χ0n) is 11.4. The fraction of sp³-hybridized carbons (Fsp3) is 0.625. The monoisotopic (exact) mass is 244 g/mol. The Labute approximate surface area is 110 Å². The van der Waals surface area contributed by atoms with Gasteiger partial charge in [0.1, 0.15) is 0 Å². The van der Waals surface area contributed by atoms with Gasteiger partial charge in [0, 0.05) is 24.8 Å². The normalized spacial score (nSPS) is 24.3. The molecule has 1 aromatic carbocycles. The van der Waals surface area contributed by atoms with Crippen LogP contribution in [-0.2, 0) is 0 Å². The number of aryl methyl sites for hydroxylation is 1. The molecule has 2 nitrogen and oxygen atoms in total. The Hall–Kier alpha value is -1.02. The van der Waals surface area contributed by atoms with Gasteiger partial charge >= 0.3 is 0 Å². The SMILES string of the molecule is Cc1ccc(N2CCCC(NCC3CC3)C2)cc1. The van der Waals surface area contributed by atoms with Crippen molar-refractivity contribution >= 4 is 5.69 Å².